The van der Waals surface area contributed by atoms with Crippen LogP contribution in [-0.4, -0.2) is 45.9 Å². The van der Waals surface area contributed by atoms with E-state index in [0.717, 1.165) is 18.8 Å². The molecule has 128 valence electrons. The summed E-state index contributed by atoms with van der Waals surface area (Å²) in [5.74, 6) is 2.00. The smallest absolute Gasteiger partial charge is 0.323 e. The van der Waals surface area contributed by atoms with Crippen LogP contribution in [0.3, 0.4) is 0 Å². The lowest BCUT2D eigenvalue weighted by Crippen LogP contribution is -2.21. The van der Waals surface area contributed by atoms with E-state index in [4.69, 9.17) is 9.47 Å². The summed E-state index contributed by atoms with van der Waals surface area (Å²) in [4.78, 5) is 12.9. The van der Waals surface area contributed by atoms with Crippen LogP contribution in [0.1, 0.15) is 19.8 Å². The number of nitrogens with one attached hydrogen (secondary N) is 2. The van der Waals surface area contributed by atoms with E-state index in [1.165, 1.54) is 0 Å². The molecular weight excluding hydrogens is 310 g/mol. The Hall–Kier alpha value is -2.77. The number of hydrogen-bond acceptors (Lipinski definition) is 8. The van der Waals surface area contributed by atoms with Gasteiger partial charge >= 0.3 is 6.01 Å². The molecule has 0 spiro atoms. The van der Waals surface area contributed by atoms with E-state index in [9.17, 15) is 5.11 Å². The van der Waals surface area contributed by atoms with Crippen LogP contribution < -0.4 is 15.4 Å². The molecule has 1 aromatic rings. The molecule has 0 bridgehead atoms. The molecule has 0 saturated carbocycles. The maximum Gasteiger partial charge on any atom is 0.323 e. The fourth-order valence-corrected chi connectivity index (χ4v) is 2.33. The van der Waals surface area contributed by atoms with E-state index in [-0.39, 0.29) is 17.8 Å². The Kier molecular flexibility index (Phi) is 5.15. The van der Waals surface area contributed by atoms with Crippen molar-refractivity contribution in [3.63, 3.8) is 0 Å². The zero-order valence-electron chi connectivity index (χ0n) is 13.5. The minimum atomic E-state index is 0.00602. The van der Waals surface area contributed by atoms with Crippen molar-refractivity contribution < 1.29 is 14.6 Å². The summed E-state index contributed by atoms with van der Waals surface area (Å²) < 4.78 is 10.9. The average Bonchev–Trinajstić information content (AvgIpc) is 3.09. The fourth-order valence-electron chi connectivity index (χ4n) is 2.33. The third-order valence-corrected chi connectivity index (χ3v) is 3.48. The lowest BCUT2D eigenvalue weighted by molar-refractivity contribution is 0.243. The Bertz CT molecular complexity index is 672. The van der Waals surface area contributed by atoms with Crippen LogP contribution in [0, 0.1) is 0 Å². The van der Waals surface area contributed by atoms with E-state index in [0.29, 0.717) is 31.5 Å². The normalized spacial score (nSPS) is 19.3. The number of rotatable bonds is 7. The lowest BCUT2D eigenvalue weighted by Gasteiger charge is -2.17. The van der Waals surface area contributed by atoms with Crippen molar-refractivity contribution in [3.8, 4) is 6.01 Å². The minimum absolute atomic E-state index is 0.00602. The van der Waals surface area contributed by atoms with Gasteiger partial charge in [-0.2, -0.15) is 15.0 Å². The summed E-state index contributed by atoms with van der Waals surface area (Å²) >= 11 is 0. The number of aliphatic hydroxyl groups is 1. The third kappa shape index (κ3) is 4.37. The number of aromatic nitrogens is 3. The van der Waals surface area contributed by atoms with Gasteiger partial charge in [0.25, 0.3) is 0 Å². The Morgan fingerprint density at radius 3 is 2.88 bits per heavy atom. The molecule has 0 saturated heterocycles. The van der Waals surface area contributed by atoms with Crippen molar-refractivity contribution in [2.45, 2.75) is 25.8 Å². The van der Waals surface area contributed by atoms with E-state index < -0.39 is 0 Å². The van der Waals surface area contributed by atoms with Gasteiger partial charge in [-0.1, -0.05) is 6.08 Å². The lowest BCUT2D eigenvalue weighted by atomic mass is 10.1. The summed E-state index contributed by atoms with van der Waals surface area (Å²) in [6, 6.07) is 0.267. The number of nitrogens with zero attached hydrogens (tertiary/aromatic N) is 3. The first-order valence-corrected chi connectivity index (χ1v) is 8.01. The van der Waals surface area contributed by atoms with Gasteiger partial charge in [-0.3, -0.25) is 0 Å². The zero-order chi connectivity index (χ0) is 16.8. The maximum atomic E-state index is 9.38. The molecule has 1 atom stereocenters. The highest BCUT2D eigenvalue weighted by Gasteiger charge is 2.13. The quantitative estimate of drug-likeness (QED) is 0.699. The van der Waals surface area contributed by atoms with Crippen LogP contribution in [-0.2, 0) is 4.74 Å². The molecule has 1 unspecified atom stereocenters. The molecule has 0 amide bonds. The first-order chi connectivity index (χ1) is 11.7. The first-order valence-electron chi connectivity index (χ1n) is 8.01. The van der Waals surface area contributed by atoms with Crippen molar-refractivity contribution in [3.05, 3.63) is 35.8 Å². The predicted molar refractivity (Wildman–Crippen MR) is 90.0 cm³/mol. The standard InChI is InChI=1S/C16H21N5O3/c1-2-23-16-20-14(17-10-13-4-3-9-24-13)19-15(21-16)18-11-5-7-12(22)8-6-11/h4-5,7-8,11,22H,2-3,6,9-10H2,1H3,(H2,17,18,19,20,21). The molecule has 3 N–H and O–H groups in total. The zero-order valence-corrected chi connectivity index (χ0v) is 13.5. The molecule has 0 fully saturated rings. The molecule has 8 heteroatoms. The van der Waals surface area contributed by atoms with Crippen LogP contribution in [0.5, 0.6) is 6.01 Å². The summed E-state index contributed by atoms with van der Waals surface area (Å²) in [6.45, 7) is 3.59. The molecule has 0 aromatic carbocycles. The number of hydrogen-bond donors (Lipinski definition) is 3. The maximum absolute atomic E-state index is 9.38. The van der Waals surface area contributed by atoms with Gasteiger partial charge in [0.1, 0.15) is 11.5 Å². The van der Waals surface area contributed by atoms with Crippen molar-refractivity contribution in [2.24, 2.45) is 0 Å². The molecule has 0 radical (unpaired) electrons. The van der Waals surface area contributed by atoms with Gasteiger partial charge in [0.15, 0.2) is 0 Å². The van der Waals surface area contributed by atoms with Crippen LogP contribution in [0.2, 0.25) is 0 Å². The summed E-state index contributed by atoms with van der Waals surface area (Å²) in [5, 5.41) is 15.7. The molecular formula is C16H21N5O3. The third-order valence-electron chi connectivity index (χ3n) is 3.48. The number of allylic oxidation sites excluding steroid dienone is 1. The Labute approximate surface area is 140 Å². The van der Waals surface area contributed by atoms with Gasteiger partial charge in [0, 0.05) is 6.42 Å². The molecule has 1 aliphatic heterocycles. The van der Waals surface area contributed by atoms with Gasteiger partial charge in [0.2, 0.25) is 11.9 Å². The van der Waals surface area contributed by atoms with Gasteiger partial charge in [-0.15, -0.1) is 0 Å². The minimum Gasteiger partial charge on any atom is -0.508 e. The number of ether oxygens (including phenoxy) is 2. The summed E-state index contributed by atoms with van der Waals surface area (Å²) in [5.41, 5.74) is 0. The van der Waals surface area contributed by atoms with Crippen molar-refractivity contribution in [2.75, 3.05) is 30.4 Å². The second kappa shape index (κ2) is 7.67. The van der Waals surface area contributed by atoms with Gasteiger partial charge < -0.3 is 25.2 Å². The second-order valence-corrected chi connectivity index (χ2v) is 5.33. The second-order valence-electron chi connectivity index (χ2n) is 5.33. The van der Waals surface area contributed by atoms with Crippen LogP contribution in [0.4, 0.5) is 11.9 Å². The topological polar surface area (TPSA) is 101 Å². The van der Waals surface area contributed by atoms with Gasteiger partial charge in [-0.25, -0.2) is 0 Å². The van der Waals surface area contributed by atoms with Crippen molar-refractivity contribution in [1.29, 1.82) is 0 Å². The first kappa shape index (κ1) is 16.1. The SMILES string of the molecule is CCOc1nc(NCC2=CCCO2)nc(NC2C=CC(O)=CC2)n1. The molecule has 2 aliphatic rings. The van der Waals surface area contributed by atoms with E-state index in [1.54, 1.807) is 12.2 Å². The predicted octanol–water partition coefficient (Wildman–Crippen LogP) is 2.17. The highest BCUT2D eigenvalue weighted by atomic mass is 16.5. The average molecular weight is 331 g/mol. The van der Waals surface area contributed by atoms with E-state index in [1.807, 2.05) is 19.1 Å². The van der Waals surface area contributed by atoms with E-state index >= 15 is 0 Å². The van der Waals surface area contributed by atoms with Gasteiger partial charge in [-0.05, 0) is 31.6 Å². The highest BCUT2D eigenvalue weighted by Crippen LogP contribution is 2.17. The van der Waals surface area contributed by atoms with E-state index in [2.05, 4.69) is 25.6 Å². The summed E-state index contributed by atoms with van der Waals surface area (Å²) in [7, 11) is 0. The largest absolute Gasteiger partial charge is 0.508 e. The highest BCUT2D eigenvalue weighted by molar-refractivity contribution is 5.39. The molecule has 3 rings (SSSR count). The van der Waals surface area contributed by atoms with Gasteiger partial charge in [0.05, 0.1) is 25.8 Å². The van der Waals surface area contributed by atoms with Crippen LogP contribution >= 0.6 is 0 Å². The number of anilines is 2. The molecule has 1 aliphatic carbocycles. The Morgan fingerprint density at radius 2 is 2.17 bits per heavy atom. The molecule has 1 aromatic heterocycles. The van der Waals surface area contributed by atoms with Crippen LogP contribution in [0.15, 0.2) is 35.8 Å². The molecule has 24 heavy (non-hydrogen) atoms. The monoisotopic (exact) mass is 331 g/mol. The Morgan fingerprint density at radius 1 is 1.29 bits per heavy atom. The van der Waals surface area contributed by atoms with Crippen molar-refractivity contribution >= 4 is 11.9 Å². The Balaban J connectivity index is 1.68. The fraction of sp³-hybridized carbons (Fsp3) is 0.438. The van der Waals surface area contributed by atoms with Crippen LogP contribution in [0.25, 0.3) is 0 Å². The molecule has 8 nitrogen and oxygen atoms in total. The molecule has 2 heterocycles. The summed E-state index contributed by atoms with van der Waals surface area (Å²) in [6.07, 6.45) is 8.88. The number of aliphatic hydroxyl groups excluding tert-OH is 1. The van der Waals surface area contributed by atoms with Crippen molar-refractivity contribution in [1.82, 2.24) is 15.0 Å².